The molecule has 0 aliphatic heterocycles. The summed E-state index contributed by atoms with van der Waals surface area (Å²) in [5.41, 5.74) is 5.30. The Labute approximate surface area is 80.3 Å². The van der Waals surface area contributed by atoms with E-state index in [1.165, 1.54) is 12.8 Å². The standard InChI is InChI=1S/C9H17NO.ClH/c1-7-3-2-4-8(5-7)9(11)6-10;/h7-8H,2-6,10H2,1H3;1H/t7-,8+;/m1./s1. The van der Waals surface area contributed by atoms with Crippen LogP contribution in [0.25, 0.3) is 0 Å². The van der Waals surface area contributed by atoms with E-state index >= 15 is 0 Å². The number of carbonyl (C=O) groups is 1. The summed E-state index contributed by atoms with van der Waals surface area (Å²) in [6.45, 7) is 2.45. The highest BCUT2D eigenvalue weighted by Crippen LogP contribution is 2.28. The molecular formula is C9H18ClNO. The van der Waals surface area contributed by atoms with Crippen LogP contribution in [0.1, 0.15) is 32.6 Å². The molecule has 1 fully saturated rings. The number of halogens is 1. The Hall–Kier alpha value is -0.0800. The molecule has 72 valence electrons. The highest BCUT2D eigenvalue weighted by atomic mass is 35.5. The zero-order valence-corrected chi connectivity index (χ0v) is 8.40. The second-order valence-electron chi connectivity index (χ2n) is 3.64. The van der Waals surface area contributed by atoms with E-state index in [-0.39, 0.29) is 30.7 Å². The average Bonchev–Trinajstić information content (AvgIpc) is 2.03. The summed E-state index contributed by atoms with van der Waals surface area (Å²) in [4.78, 5) is 11.2. The third-order valence-electron chi connectivity index (χ3n) is 2.59. The molecule has 2 N–H and O–H groups in total. The first-order valence-electron chi connectivity index (χ1n) is 4.46. The smallest absolute Gasteiger partial charge is 0.149 e. The fraction of sp³-hybridized carbons (Fsp3) is 0.889. The first kappa shape index (κ1) is 11.9. The molecule has 2 nitrogen and oxygen atoms in total. The summed E-state index contributed by atoms with van der Waals surface area (Å²) in [6, 6.07) is 0. The first-order chi connectivity index (χ1) is 5.24. The van der Waals surface area contributed by atoms with Crippen LogP contribution in [0.3, 0.4) is 0 Å². The van der Waals surface area contributed by atoms with Crippen LogP contribution in [0, 0.1) is 11.8 Å². The molecule has 0 radical (unpaired) electrons. The van der Waals surface area contributed by atoms with Gasteiger partial charge in [0.25, 0.3) is 0 Å². The van der Waals surface area contributed by atoms with Gasteiger partial charge in [-0.1, -0.05) is 19.8 Å². The van der Waals surface area contributed by atoms with Gasteiger partial charge in [0.15, 0.2) is 0 Å². The molecule has 1 rings (SSSR count). The fourth-order valence-corrected chi connectivity index (χ4v) is 1.89. The fourth-order valence-electron chi connectivity index (χ4n) is 1.89. The molecule has 0 aromatic rings. The molecule has 0 unspecified atom stereocenters. The van der Waals surface area contributed by atoms with E-state index < -0.39 is 0 Å². The van der Waals surface area contributed by atoms with Crippen molar-refractivity contribution in [1.82, 2.24) is 0 Å². The number of Topliss-reactive ketones (excluding diaryl/α,β-unsaturated/α-hetero) is 1. The van der Waals surface area contributed by atoms with E-state index in [2.05, 4.69) is 6.92 Å². The Balaban J connectivity index is 0.00000121. The number of ketones is 1. The zero-order valence-electron chi connectivity index (χ0n) is 7.58. The van der Waals surface area contributed by atoms with Crippen molar-refractivity contribution in [1.29, 1.82) is 0 Å². The van der Waals surface area contributed by atoms with Crippen molar-refractivity contribution in [3.05, 3.63) is 0 Å². The minimum absolute atomic E-state index is 0. The quantitative estimate of drug-likeness (QED) is 0.723. The van der Waals surface area contributed by atoms with Crippen LogP contribution >= 0.6 is 12.4 Å². The predicted octanol–water partition coefficient (Wildman–Crippen LogP) is 1.76. The second kappa shape index (κ2) is 5.55. The van der Waals surface area contributed by atoms with Crippen molar-refractivity contribution in [2.24, 2.45) is 17.6 Å². The van der Waals surface area contributed by atoms with Crippen molar-refractivity contribution in [3.8, 4) is 0 Å². The van der Waals surface area contributed by atoms with Crippen molar-refractivity contribution in [2.75, 3.05) is 6.54 Å². The van der Waals surface area contributed by atoms with E-state index in [0.717, 1.165) is 18.8 Å². The Kier molecular flexibility index (Phi) is 5.51. The molecule has 3 heteroatoms. The Bertz CT molecular complexity index is 149. The van der Waals surface area contributed by atoms with E-state index in [1.807, 2.05) is 0 Å². The van der Waals surface area contributed by atoms with Crippen molar-refractivity contribution < 1.29 is 4.79 Å². The van der Waals surface area contributed by atoms with Gasteiger partial charge >= 0.3 is 0 Å². The number of hydrogen-bond donors (Lipinski definition) is 1. The van der Waals surface area contributed by atoms with Crippen molar-refractivity contribution >= 4 is 18.2 Å². The summed E-state index contributed by atoms with van der Waals surface area (Å²) >= 11 is 0. The van der Waals surface area contributed by atoms with Crippen LogP contribution in [0.2, 0.25) is 0 Å². The Morgan fingerprint density at radius 2 is 2.17 bits per heavy atom. The lowest BCUT2D eigenvalue weighted by Crippen LogP contribution is -2.27. The van der Waals surface area contributed by atoms with E-state index in [1.54, 1.807) is 0 Å². The molecule has 0 amide bonds. The number of hydrogen-bond acceptors (Lipinski definition) is 2. The third kappa shape index (κ3) is 3.11. The van der Waals surface area contributed by atoms with E-state index in [9.17, 15) is 4.79 Å². The molecule has 2 atom stereocenters. The molecule has 12 heavy (non-hydrogen) atoms. The number of carbonyl (C=O) groups excluding carboxylic acids is 1. The lowest BCUT2D eigenvalue weighted by molar-refractivity contribution is -0.122. The maximum atomic E-state index is 11.2. The SMILES string of the molecule is C[C@@H]1CCC[C@H](C(=O)CN)C1.Cl. The van der Waals surface area contributed by atoms with Crippen LogP contribution in [0.4, 0.5) is 0 Å². The van der Waals surface area contributed by atoms with Gasteiger partial charge in [-0.15, -0.1) is 12.4 Å². The number of rotatable bonds is 2. The van der Waals surface area contributed by atoms with Crippen LogP contribution in [0.5, 0.6) is 0 Å². The van der Waals surface area contributed by atoms with Crippen LogP contribution in [-0.4, -0.2) is 12.3 Å². The van der Waals surface area contributed by atoms with Gasteiger partial charge in [-0.25, -0.2) is 0 Å². The lowest BCUT2D eigenvalue weighted by atomic mass is 9.80. The van der Waals surface area contributed by atoms with Crippen LogP contribution in [-0.2, 0) is 4.79 Å². The molecule has 0 spiro atoms. The molecule has 1 aliphatic carbocycles. The second-order valence-corrected chi connectivity index (χ2v) is 3.64. The summed E-state index contributed by atoms with van der Waals surface area (Å²) < 4.78 is 0. The molecule has 0 heterocycles. The average molecular weight is 192 g/mol. The molecule has 0 aromatic heterocycles. The molecule has 1 saturated carbocycles. The first-order valence-corrected chi connectivity index (χ1v) is 4.46. The van der Waals surface area contributed by atoms with Gasteiger partial charge in [0.2, 0.25) is 0 Å². The van der Waals surface area contributed by atoms with Crippen molar-refractivity contribution in [3.63, 3.8) is 0 Å². The Morgan fingerprint density at radius 3 is 2.67 bits per heavy atom. The molecule has 0 aromatic carbocycles. The highest BCUT2D eigenvalue weighted by molar-refractivity contribution is 5.85. The summed E-state index contributed by atoms with van der Waals surface area (Å²) in [5.74, 6) is 1.27. The van der Waals surface area contributed by atoms with Crippen LogP contribution in [0.15, 0.2) is 0 Å². The normalized spacial score (nSPS) is 29.2. The van der Waals surface area contributed by atoms with Crippen molar-refractivity contribution in [2.45, 2.75) is 32.6 Å². The maximum absolute atomic E-state index is 11.2. The van der Waals surface area contributed by atoms with Gasteiger partial charge in [0.05, 0.1) is 6.54 Å². The van der Waals surface area contributed by atoms with Gasteiger partial charge in [-0.2, -0.15) is 0 Å². The summed E-state index contributed by atoms with van der Waals surface area (Å²) in [7, 11) is 0. The molecule has 0 bridgehead atoms. The Morgan fingerprint density at radius 1 is 1.50 bits per heavy atom. The van der Waals surface area contributed by atoms with Gasteiger partial charge in [-0.05, 0) is 18.8 Å². The highest BCUT2D eigenvalue weighted by Gasteiger charge is 2.23. The van der Waals surface area contributed by atoms with Gasteiger partial charge in [0, 0.05) is 5.92 Å². The number of nitrogens with two attached hydrogens (primary N) is 1. The molecule has 0 saturated heterocycles. The molecular weight excluding hydrogens is 174 g/mol. The summed E-state index contributed by atoms with van der Waals surface area (Å²) in [5, 5.41) is 0. The molecule has 1 aliphatic rings. The summed E-state index contributed by atoms with van der Waals surface area (Å²) in [6.07, 6.45) is 4.63. The predicted molar refractivity (Wildman–Crippen MR) is 52.4 cm³/mol. The largest absolute Gasteiger partial charge is 0.324 e. The topological polar surface area (TPSA) is 43.1 Å². The van der Waals surface area contributed by atoms with Gasteiger partial charge in [0.1, 0.15) is 5.78 Å². The van der Waals surface area contributed by atoms with Gasteiger partial charge in [-0.3, -0.25) is 4.79 Å². The van der Waals surface area contributed by atoms with Gasteiger partial charge < -0.3 is 5.73 Å². The monoisotopic (exact) mass is 191 g/mol. The van der Waals surface area contributed by atoms with Crippen LogP contribution < -0.4 is 5.73 Å². The third-order valence-corrected chi connectivity index (χ3v) is 2.59. The lowest BCUT2D eigenvalue weighted by Gasteiger charge is -2.24. The zero-order chi connectivity index (χ0) is 8.27. The minimum atomic E-state index is 0. The van der Waals surface area contributed by atoms with E-state index in [0.29, 0.717) is 0 Å². The van der Waals surface area contributed by atoms with E-state index in [4.69, 9.17) is 5.73 Å². The minimum Gasteiger partial charge on any atom is -0.324 e. The maximum Gasteiger partial charge on any atom is 0.149 e.